The van der Waals surface area contributed by atoms with Gasteiger partial charge in [0.05, 0.1) is 0 Å². The molecule has 0 aromatic carbocycles. The summed E-state index contributed by atoms with van der Waals surface area (Å²) in [4.78, 5) is 16.3. The molecule has 94 valence electrons. The van der Waals surface area contributed by atoms with Gasteiger partial charge in [0.25, 0.3) is 0 Å². The highest BCUT2D eigenvalue weighted by Crippen LogP contribution is 2.19. The van der Waals surface area contributed by atoms with E-state index in [0.29, 0.717) is 6.42 Å². The van der Waals surface area contributed by atoms with Crippen LogP contribution in [0, 0.1) is 0 Å². The van der Waals surface area contributed by atoms with E-state index in [1.807, 2.05) is 4.90 Å². The van der Waals surface area contributed by atoms with Gasteiger partial charge in [0, 0.05) is 38.1 Å². The number of rotatable bonds is 4. The zero-order chi connectivity index (χ0) is 12.2. The molecule has 0 atom stereocenters. The highest BCUT2D eigenvalue weighted by atomic mass is 16.2. The van der Waals surface area contributed by atoms with E-state index in [9.17, 15) is 4.79 Å². The molecule has 1 fully saturated rings. The van der Waals surface area contributed by atoms with E-state index in [-0.39, 0.29) is 11.4 Å². The summed E-state index contributed by atoms with van der Waals surface area (Å²) in [5.41, 5.74) is 0.103. The number of carbonyl (C=O) groups excluding carboxylic acids is 1. The zero-order valence-electron chi connectivity index (χ0n) is 11.0. The Morgan fingerprint density at radius 3 is 2.62 bits per heavy atom. The van der Waals surface area contributed by atoms with Crippen molar-refractivity contribution in [3.05, 3.63) is 0 Å². The topological polar surface area (TPSA) is 35.6 Å². The van der Waals surface area contributed by atoms with Gasteiger partial charge in [-0.3, -0.25) is 9.69 Å². The molecule has 1 heterocycles. The fourth-order valence-electron chi connectivity index (χ4n) is 1.98. The summed E-state index contributed by atoms with van der Waals surface area (Å²) in [6, 6.07) is 0. The second-order valence-electron chi connectivity index (χ2n) is 5.15. The van der Waals surface area contributed by atoms with Crippen LogP contribution in [0.2, 0.25) is 0 Å². The minimum Gasteiger partial charge on any atom is -0.340 e. The molecule has 4 heteroatoms. The van der Waals surface area contributed by atoms with Crippen molar-refractivity contribution in [1.82, 2.24) is 15.1 Å². The number of hydrogen-bond donors (Lipinski definition) is 1. The van der Waals surface area contributed by atoms with Crippen molar-refractivity contribution in [3.8, 4) is 0 Å². The minimum atomic E-state index is 0.103. The Morgan fingerprint density at radius 2 is 2.06 bits per heavy atom. The van der Waals surface area contributed by atoms with Crippen molar-refractivity contribution in [2.24, 2.45) is 0 Å². The maximum Gasteiger partial charge on any atom is 0.223 e. The molecule has 1 rings (SSSR count). The van der Waals surface area contributed by atoms with Crippen LogP contribution >= 0.6 is 0 Å². The molecule has 4 nitrogen and oxygen atoms in total. The standard InChI is InChI=1S/C12H25N3O/c1-5-13-7-6-11(16)15-9-8-14(4)12(2,3)10-15/h13H,5-10H2,1-4H3. The Morgan fingerprint density at radius 1 is 1.38 bits per heavy atom. The largest absolute Gasteiger partial charge is 0.340 e. The van der Waals surface area contributed by atoms with Crippen LogP contribution in [-0.2, 0) is 4.79 Å². The van der Waals surface area contributed by atoms with Crippen LogP contribution in [0.25, 0.3) is 0 Å². The van der Waals surface area contributed by atoms with Crippen molar-refractivity contribution >= 4 is 5.91 Å². The number of piperazine rings is 1. The number of nitrogens with zero attached hydrogens (tertiary/aromatic N) is 2. The van der Waals surface area contributed by atoms with Gasteiger partial charge >= 0.3 is 0 Å². The number of likely N-dealkylation sites (N-methyl/N-ethyl adjacent to an activating group) is 1. The molecule has 0 aromatic heterocycles. The van der Waals surface area contributed by atoms with Gasteiger partial charge < -0.3 is 10.2 Å². The first kappa shape index (κ1) is 13.5. The molecule has 0 saturated carbocycles. The first-order chi connectivity index (χ1) is 7.47. The SMILES string of the molecule is CCNCCC(=O)N1CCN(C)C(C)(C)C1. The number of hydrogen-bond acceptors (Lipinski definition) is 3. The number of carbonyl (C=O) groups is 1. The predicted octanol–water partition coefficient (Wildman–Crippen LogP) is 0.539. The Bertz CT molecular complexity index is 240. The molecular weight excluding hydrogens is 202 g/mol. The zero-order valence-corrected chi connectivity index (χ0v) is 11.0. The average molecular weight is 227 g/mol. The molecule has 1 saturated heterocycles. The summed E-state index contributed by atoms with van der Waals surface area (Å²) >= 11 is 0. The van der Waals surface area contributed by atoms with E-state index in [2.05, 4.69) is 38.0 Å². The van der Waals surface area contributed by atoms with Crippen LogP contribution in [0.3, 0.4) is 0 Å². The van der Waals surface area contributed by atoms with Gasteiger partial charge in [-0.15, -0.1) is 0 Å². The lowest BCUT2D eigenvalue weighted by atomic mass is 9.99. The van der Waals surface area contributed by atoms with E-state index >= 15 is 0 Å². The monoisotopic (exact) mass is 227 g/mol. The molecule has 1 N–H and O–H groups in total. The minimum absolute atomic E-state index is 0.103. The normalized spacial score (nSPS) is 21.1. The van der Waals surface area contributed by atoms with Gasteiger partial charge in [0.1, 0.15) is 0 Å². The molecule has 0 aliphatic carbocycles. The summed E-state index contributed by atoms with van der Waals surface area (Å²) < 4.78 is 0. The van der Waals surface area contributed by atoms with Crippen molar-refractivity contribution in [2.45, 2.75) is 32.7 Å². The van der Waals surface area contributed by atoms with Crippen LogP contribution in [0.1, 0.15) is 27.2 Å². The lowest BCUT2D eigenvalue weighted by Gasteiger charge is -2.45. The molecule has 1 aliphatic heterocycles. The molecule has 0 radical (unpaired) electrons. The van der Waals surface area contributed by atoms with E-state index < -0.39 is 0 Å². The molecule has 1 aliphatic rings. The highest BCUT2D eigenvalue weighted by molar-refractivity contribution is 5.76. The van der Waals surface area contributed by atoms with Gasteiger partial charge in [-0.25, -0.2) is 0 Å². The van der Waals surface area contributed by atoms with Crippen molar-refractivity contribution in [2.75, 3.05) is 39.8 Å². The summed E-state index contributed by atoms with van der Waals surface area (Å²) in [6.07, 6.45) is 0.619. The van der Waals surface area contributed by atoms with Gasteiger partial charge in [0.15, 0.2) is 0 Å². The van der Waals surface area contributed by atoms with E-state index in [0.717, 1.165) is 32.7 Å². The van der Waals surface area contributed by atoms with E-state index in [1.54, 1.807) is 0 Å². The van der Waals surface area contributed by atoms with Crippen LogP contribution in [0.4, 0.5) is 0 Å². The predicted molar refractivity (Wildman–Crippen MR) is 66.4 cm³/mol. The van der Waals surface area contributed by atoms with Gasteiger partial charge in [0.2, 0.25) is 5.91 Å². The number of amides is 1. The van der Waals surface area contributed by atoms with Crippen LogP contribution in [0.5, 0.6) is 0 Å². The average Bonchev–Trinajstić information content (AvgIpc) is 2.22. The van der Waals surface area contributed by atoms with Crippen LogP contribution in [0.15, 0.2) is 0 Å². The Hall–Kier alpha value is -0.610. The fraction of sp³-hybridized carbons (Fsp3) is 0.917. The summed E-state index contributed by atoms with van der Waals surface area (Å²) in [7, 11) is 2.13. The molecule has 16 heavy (non-hydrogen) atoms. The smallest absolute Gasteiger partial charge is 0.223 e. The lowest BCUT2D eigenvalue weighted by Crippen LogP contribution is -2.59. The molecular formula is C12H25N3O. The van der Waals surface area contributed by atoms with Gasteiger partial charge in [-0.05, 0) is 27.4 Å². The van der Waals surface area contributed by atoms with Crippen molar-refractivity contribution in [3.63, 3.8) is 0 Å². The van der Waals surface area contributed by atoms with Crippen molar-refractivity contribution in [1.29, 1.82) is 0 Å². The third-order valence-corrected chi connectivity index (χ3v) is 3.43. The molecule has 1 amide bonds. The quantitative estimate of drug-likeness (QED) is 0.712. The molecule has 0 unspecified atom stereocenters. The molecule has 0 aromatic rings. The Labute approximate surface area is 99.0 Å². The third kappa shape index (κ3) is 3.46. The summed E-state index contributed by atoms with van der Waals surface area (Å²) in [5.74, 6) is 0.280. The second-order valence-corrected chi connectivity index (χ2v) is 5.15. The van der Waals surface area contributed by atoms with Crippen molar-refractivity contribution < 1.29 is 4.79 Å². The fourth-order valence-corrected chi connectivity index (χ4v) is 1.98. The van der Waals surface area contributed by atoms with Crippen LogP contribution in [-0.4, -0.2) is 61.0 Å². The number of nitrogens with one attached hydrogen (secondary N) is 1. The lowest BCUT2D eigenvalue weighted by molar-refractivity contribution is -0.135. The molecule has 0 spiro atoms. The van der Waals surface area contributed by atoms with E-state index in [1.165, 1.54) is 0 Å². The summed E-state index contributed by atoms with van der Waals surface area (Å²) in [6.45, 7) is 10.8. The summed E-state index contributed by atoms with van der Waals surface area (Å²) in [5, 5.41) is 3.19. The first-order valence-corrected chi connectivity index (χ1v) is 6.17. The van der Waals surface area contributed by atoms with Crippen LogP contribution < -0.4 is 5.32 Å². The third-order valence-electron chi connectivity index (χ3n) is 3.43. The highest BCUT2D eigenvalue weighted by Gasteiger charge is 2.32. The van der Waals surface area contributed by atoms with Gasteiger partial charge in [-0.1, -0.05) is 6.92 Å². The maximum absolute atomic E-state index is 11.9. The van der Waals surface area contributed by atoms with E-state index in [4.69, 9.17) is 0 Å². The second kappa shape index (κ2) is 5.64. The maximum atomic E-state index is 11.9. The Balaban J connectivity index is 2.40. The Kier molecular flexibility index (Phi) is 4.74. The molecule has 0 bridgehead atoms. The first-order valence-electron chi connectivity index (χ1n) is 6.17. The van der Waals surface area contributed by atoms with Gasteiger partial charge in [-0.2, -0.15) is 0 Å².